The van der Waals surface area contributed by atoms with Gasteiger partial charge in [0.1, 0.15) is 0 Å². The van der Waals surface area contributed by atoms with Crippen LogP contribution in [-0.2, 0) is 4.79 Å². The number of carbonyl (C=O) groups excluding carboxylic acids is 2. The third-order valence-electron chi connectivity index (χ3n) is 4.69. The molecule has 108 valence electrons. The van der Waals surface area contributed by atoms with Gasteiger partial charge in [-0.15, -0.1) is 0 Å². The second-order valence-electron chi connectivity index (χ2n) is 6.86. The van der Waals surface area contributed by atoms with Crippen molar-refractivity contribution in [2.24, 2.45) is 23.0 Å². The molecule has 2 rings (SSSR count). The van der Waals surface area contributed by atoms with Crippen LogP contribution in [0.4, 0.5) is 4.79 Å². The highest BCUT2D eigenvalue weighted by Crippen LogP contribution is 2.41. The van der Waals surface area contributed by atoms with Gasteiger partial charge in [0.25, 0.3) is 0 Å². The summed E-state index contributed by atoms with van der Waals surface area (Å²) in [4.78, 5) is 25.2. The summed E-state index contributed by atoms with van der Waals surface area (Å²) in [5, 5.41) is 2.61. The van der Waals surface area contributed by atoms with E-state index in [2.05, 4.69) is 26.1 Å². The third-order valence-corrected chi connectivity index (χ3v) is 4.69. The summed E-state index contributed by atoms with van der Waals surface area (Å²) in [6.45, 7) is 7.35. The summed E-state index contributed by atoms with van der Waals surface area (Å²) in [5.41, 5.74) is 6.04. The highest BCUT2D eigenvalue weighted by atomic mass is 16.2. The second kappa shape index (κ2) is 5.12. The van der Waals surface area contributed by atoms with Gasteiger partial charge in [-0.25, -0.2) is 4.79 Å². The number of nitrogens with one attached hydrogen (secondary N) is 1. The minimum absolute atomic E-state index is 0.0297. The first-order chi connectivity index (χ1) is 8.84. The van der Waals surface area contributed by atoms with Crippen molar-refractivity contribution in [2.45, 2.75) is 46.1 Å². The Bertz CT molecular complexity index is 359. The summed E-state index contributed by atoms with van der Waals surface area (Å²) in [6, 6.07) is -0.277. The predicted molar refractivity (Wildman–Crippen MR) is 73.4 cm³/mol. The molecule has 0 radical (unpaired) electrons. The normalized spacial score (nSPS) is 32.6. The zero-order valence-electron chi connectivity index (χ0n) is 12.1. The van der Waals surface area contributed by atoms with Crippen LogP contribution in [0.5, 0.6) is 0 Å². The maximum absolute atomic E-state index is 11.9. The highest BCUT2D eigenvalue weighted by molar-refractivity contribution is 6.02. The standard InChI is InChI=1S/C14H25N3O2/c1-14(2,3)10-5-4-9(7-15)11(6-10)17-12(18)8-16-13(17)19/h9-11H,4-8,15H2,1-3H3,(H,16,19). The Morgan fingerprint density at radius 1 is 1.32 bits per heavy atom. The first-order valence-electron chi connectivity index (χ1n) is 7.14. The molecule has 1 aliphatic heterocycles. The third kappa shape index (κ3) is 2.76. The Balaban J connectivity index is 2.18. The van der Waals surface area contributed by atoms with Gasteiger partial charge in [0.15, 0.2) is 0 Å². The Morgan fingerprint density at radius 2 is 2.00 bits per heavy atom. The number of imide groups is 1. The lowest BCUT2D eigenvalue weighted by atomic mass is 9.67. The van der Waals surface area contributed by atoms with E-state index in [-0.39, 0.29) is 35.9 Å². The molecule has 3 atom stereocenters. The van der Waals surface area contributed by atoms with Crippen LogP contribution in [-0.4, -0.2) is 36.0 Å². The van der Waals surface area contributed by atoms with Crippen molar-refractivity contribution in [3.05, 3.63) is 0 Å². The average Bonchev–Trinajstić information content (AvgIpc) is 2.67. The number of carbonyl (C=O) groups is 2. The van der Waals surface area contributed by atoms with Crippen LogP contribution in [0.15, 0.2) is 0 Å². The summed E-state index contributed by atoms with van der Waals surface area (Å²) in [6.07, 6.45) is 3.01. The monoisotopic (exact) mass is 267 g/mol. The van der Waals surface area contributed by atoms with Crippen LogP contribution in [0.2, 0.25) is 0 Å². The second-order valence-corrected chi connectivity index (χ2v) is 6.86. The maximum Gasteiger partial charge on any atom is 0.324 e. The van der Waals surface area contributed by atoms with Crippen molar-refractivity contribution in [3.63, 3.8) is 0 Å². The molecule has 0 aromatic rings. The Hall–Kier alpha value is -1.10. The minimum atomic E-state index is -0.247. The SMILES string of the molecule is CC(C)(C)C1CCC(CN)C(N2C(=O)CNC2=O)C1. The largest absolute Gasteiger partial charge is 0.330 e. The van der Waals surface area contributed by atoms with E-state index >= 15 is 0 Å². The molecule has 0 bridgehead atoms. The topological polar surface area (TPSA) is 75.4 Å². The molecular formula is C14H25N3O2. The fourth-order valence-corrected chi connectivity index (χ4v) is 3.36. The van der Waals surface area contributed by atoms with Crippen molar-refractivity contribution < 1.29 is 9.59 Å². The van der Waals surface area contributed by atoms with Gasteiger partial charge in [-0.3, -0.25) is 9.69 Å². The molecule has 0 aromatic carbocycles. The summed E-state index contributed by atoms with van der Waals surface area (Å²) in [5.74, 6) is 0.663. The first kappa shape index (κ1) is 14.3. The summed E-state index contributed by atoms with van der Waals surface area (Å²) < 4.78 is 0. The zero-order valence-corrected chi connectivity index (χ0v) is 12.1. The molecule has 0 aromatic heterocycles. The molecule has 3 amide bonds. The highest BCUT2D eigenvalue weighted by Gasteiger charge is 2.43. The molecule has 1 saturated heterocycles. The first-order valence-corrected chi connectivity index (χ1v) is 7.14. The van der Waals surface area contributed by atoms with E-state index in [0.29, 0.717) is 12.5 Å². The molecule has 1 heterocycles. The molecule has 2 aliphatic rings. The van der Waals surface area contributed by atoms with Crippen molar-refractivity contribution in [1.82, 2.24) is 10.2 Å². The van der Waals surface area contributed by atoms with Gasteiger partial charge in [-0.1, -0.05) is 20.8 Å². The number of rotatable bonds is 2. The van der Waals surface area contributed by atoms with E-state index in [9.17, 15) is 9.59 Å². The number of nitrogens with two attached hydrogens (primary N) is 1. The molecule has 2 fully saturated rings. The van der Waals surface area contributed by atoms with Gasteiger partial charge in [-0.05, 0) is 43.1 Å². The number of hydrogen-bond donors (Lipinski definition) is 2. The van der Waals surface area contributed by atoms with Crippen LogP contribution in [0.3, 0.4) is 0 Å². The van der Waals surface area contributed by atoms with Gasteiger partial charge in [0.2, 0.25) is 5.91 Å². The molecule has 0 spiro atoms. The molecular weight excluding hydrogens is 242 g/mol. The summed E-state index contributed by atoms with van der Waals surface area (Å²) >= 11 is 0. The van der Waals surface area contributed by atoms with Crippen LogP contribution in [0.1, 0.15) is 40.0 Å². The fourth-order valence-electron chi connectivity index (χ4n) is 3.36. The fraction of sp³-hybridized carbons (Fsp3) is 0.857. The predicted octanol–water partition coefficient (Wildman–Crippen LogP) is 1.33. The lowest BCUT2D eigenvalue weighted by Gasteiger charge is -2.43. The van der Waals surface area contributed by atoms with Crippen LogP contribution in [0, 0.1) is 17.3 Å². The van der Waals surface area contributed by atoms with Crippen molar-refractivity contribution in [3.8, 4) is 0 Å². The van der Waals surface area contributed by atoms with E-state index < -0.39 is 0 Å². The van der Waals surface area contributed by atoms with E-state index in [4.69, 9.17) is 5.73 Å². The maximum atomic E-state index is 11.9. The lowest BCUT2D eigenvalue weighted by molar-refractivity contribution is -0.128. The van der Waals surface area contributed by atoms with Gasteiger partial charge < -0.3 is 11.1 Å². The van der Waals surface area contributed by atoms with Crippen molar-refractivity contribution in [2.75, 3.05) is 13.1 Å². The van der Waals surface area contributed by atoms with E-state index in [1.165, 1.54) is 4.90 Å². The zero-order chi connectivity index (χ0) is 14.2. The van der Waals surface area contributed by atoms with Gasteiger partial charge in [0.05, 0.1) is 6.54 Å². The average molecular weight is 267 g/mol. The van der Waals surface area contributed by atoms with Crippen LogP contribution < -0.4 is 11.1 Å². The molecule has 1 saturated carbocycles. The van der Waals surface area contributed by atoms with E-state index in [1.54, 1.807) is 0 Å². The summed E-state index contributed by atoms with van der Waals surface area (Å²) in [7, 11) is 0. The molecule has 5 nitrogen and oxygen atoms in total. The minimum Gasteiger partial charge on any atom is -0.330 e. The molecule has 3 N–H and O–H groups in total. The van der Waals surface area contributed by atoms with E-state index in [0.717, 1.165) is 19.3 Å². The smallest absolute Gasteiger partial charge is 0.324 e. The van der Waals surface area contributed by atoms with Gasteiger partial charge in [0, 0.05) is 6.04 Å². The number of urea groups is 1. The van der Waals surface area contributed by atoms with Crippen LogP contribution in [0.25, 0.3) is 0 Å². The van der Waals surface area contributed by atoms with Gasteiger partial charge in [-0.2, -0.15) is 0 Å². The van der Waals surface area contributed by atoms with Crippen molar-refractivity contribution in [1.29, 1.82) is 0 Å². The number of nitrogens with zero attached hydrogens (tertiary/aromatic N) is 1. The number of hydrogen-bond acceptors (Lipinski definition) is 3. The quantitative estimate of drug-likeness (QED) is 0.741. The Kier molecular flexibility index (Phi) is 3.85. The molecule has 1 aliphatic carbocycles. The van der Waals surface area contributed by atoms with E-state index in [1.807, 2.05) is 0 Å². The van der Waals surface area contributed by atoms with Crippen LogP contribution >= 0.6 is 0 Å². The Labute approximate surface area is 114 Å². The van der Waals surface area contributed by atoms with Crippen molar-refractivity contribution >= 4 is 11.9 Å². The molecule has 5 heteroatoms. The Morgan fingerprint density at radius 3 is 2.47 bits per heavy atom. The molecule has 3 unspecified atom stereocenters. The lowest BCUT2D eigenvalue weighted by Crippen LogP contribution is -2.51. The van der Waals surface area contributed by atoms with Gasteiger partial charge >= 0.3 is 6.03 Å². The molecule has 19 heavy (non-hydrogen) atoms. The number of amides is 3.